The first-order chi connectivity index (χ1) is 10.6. The van der Waals surface area contributed by atoms with Crippen molar-refractivity contribution >= 4 is 0 Å². The second kappa shape index (κ2) is 11.0. The van der Waals surface area contributed by atoms with E-state index in [9.17, 15) is 0 Å². The van der Waals surface area contributed by atoms with E-state index in [-0.39, 0.29) is 5.60 Å². The molecule has 0 saturated carbocycles. The Bertz CT molecular complexity index is 327. The molecule has 22 heavy (non-hydrogen) atoms. The molecule has 1 saturated heterocycles. The predicted molar refractivity (Wildman–Crippen MR) is 98.2 cm³/mol. The van der Waals surface area contributed by atoms with Crippen LogP contribution in [0.4, 0.5) is 0 Å². The van der Waals surface area contributed by atoms with E-state index in [4.69, 9.17) is 4.74 Å². The molecule has 1 nitrogen and oxygen atoms in total. The Balaban J connectivity index is 1.88. The van der Waals surface area contributed by atoms with Gasteiger partial charge in [-0.2, -0.15) is 0 Å². The van der Waals surface area contributed by atoms with E-state index in [1.807, 2.05) is 0 Å². The molecular weight excluding hydrogens is 268 g/mol. The van der Waals surface area contributed by atoms with Gasteiger partial charge < -0.3 is 4.74 Å². The third-order valence-corrected chi connectivity index (χ3v) is 4.72. The molecule has 128 valence electrons. The van der Waals surface area contributed by atoms with Crippen molar-refractivity contribution in [1.82, 2.24) is 0 Å². The summed E-state index contributed by atoms with van der Waals surface area (Å²) >= 11 is 0. The summed E-state index contributed by atoms with van der Waals surface area (Å²) < 4.78 is 5.65. The molecule has 0 aromatic carbocycles. The summed E-state index contributed by atoms with van der Waals surface area (Å²) in [4.78, 5) is 0. The van der Waals surface area contributed by atoms with Crippen LogP contribution in [0.1, 0.15) is 91.9 Å². The summed E-state index contributed by atoms with van der Waals surface area (Å²) in [5.74, 6) is 0.822. The van der Waals surface area contributed by atoms with Crippen molar-refractivity contribution in [1.29, 1.82) is 0 Å². The van der Waals surface area contributed by atoms with Gasteiger partial charge in [0.1, 0.15) is 0 Å². The van der Waals surface area contributed by atoms with Crippen LogP contribution in [0.2, 0.25) is 0 Å². The van der Waals surface area contributed by atoms with E-state index >= 15 is 0 Å². The van der Waals surface area contributed by atoms with Gasteiger partial charge in [0.25, 0.3) is 0 Å². The molecule has 1 heteroatoms. The minimum Gasteiger partial charge on any atom is -0.367 e. The largest absolute Gasteiger partial charge is 0.367 e. The molecule has 0 amide bonds. The van der Waals surface area contributed by atoms with Crippen LogP contribution < -0.4 is 0 Å². The monoisotopic (exact) mass is 306 g/mol. The standard InChI is InChI=1S/C21H38O/c1-5-6-7-8-9-10-11-12-13-14-15-16-19(2)17-18-20-21(3,4)22-20/h9-10,13-14,19-20H,5-8,11-12,15-18H2,1-4H3/b10-9-,14-13-/t19-,20?/m1/s1. The number of hydrogen-bond donors (Lipinski definition) is 0. The number of unbranched alkanes of at least 4 members (excludes halogenated alkanes) is 4. The van der Waals surface area contributed by atoms with Crippen LogP contribution >= 0.6 is 0 Å². The molecule has 1 aliphatic rings. The van der Waals surface area contributed by atoms with E-state index in [2.05, 4.69) is 52.0 Å². The molecule has 2 atom stereocenters. The van der Waals surface area contributed by atoms with E-state index < -0.39 is 0 Å². The average Bonchev–Trinajstić information content (AvgIpc) is 3.10. The lowest BCUT2D eigenvalue weighted by atomic mass is 9.96. The predicted octanol–water partition coefficient (Wildman–Crippen LogP) is 6.83. The van der Waals surface area contributed by atoms with Gasteiger partial charge in [-0.15, -0.1) is 0 Å². The minimum absolute atomic E-state index is 0.170. The van der Waals surface area contributed by atoms with Gasteiger partial charge in [-0.3, -0.25) is 0 Å². The number of rotatable bonds is 13. The van der Waals surface area contributed by atoms with Gasteiger partial charge in [0.15, 0.2) is 0 Å². The highest BCUT2D eigenvalue weighted by Crippen LogP contribution is 2.39. The van der Waals surface area contributed by atoms with Crippen molar-refractivity contribution in [3.05, 3.63) is 24.3 Å². The summed E-state index contributed by atoms with van der Waals surface area (Å²) in [5.41, 5.74) is 0.170. The first-order valence-corrected chi connectivity index (χ1v) is 9.54. The van der Waals surface area contributed by atoms with Crippen molar-refractivity contribution in [2.45, 2.75) is 104 Å². The first kappa shape index (κ1) is 19.5. The zero-order chi connectivity index (χ0) is 16.3. The topological polar surface area (TPSA) is 12.5 Å². The lowest BCUT2D eigenvalue weighted by Gasteiger charge is -2.08. The molecule has 0 aromatic rings. The molecule has 0 aliphatic carbocycles. The number of ether oxygens (including phenoxy) is 1. The van der Waals surface area contributed by atoms with Gasteiger partial charge in [0, 0.05) is 0 Å². The third-order valence-electron chi connectivity index (χ3n) is 4.72. The van der Waals surface area contributed by atoms with Gasteiger partial charge in [0.2, 0.25) is 0 Å². The van der Waals surface area contributed by atoms with Crippen LogP contribution in [0.15, 0.2) is 24.3 Å². The molecule has 0 N–H and O–H groups in total. The third kappa shape index (κ3) is 9.46. The van der Waals surface area contributed by atoms with Gasteiger partial charge >= 0.3 is 0 Å². The molecule has 0 radical (unpaired) electrons. The Morgan fingerprint density at radius 2 is 1.50 bits per heavy atom. The molecule has 0 aromatic heterocycles. The minimum atomic E-state index is 0.170. The Morgan fingerprint density at radius 1 is 0.909 bits per heavy atom. The second-order valence-electron chi connectivity index (χ2n) is 7.49. The molecule has 0 bridgehead atoms. The van der Waals surface area contributed by atoms with Crippen LogP contribution in [0, 0.1) is 5.92 Å². The Labute approximate surface area is 139 Å². The zero-order valence-electron chi connectivity index (χ0n) is 15.4. The van der Waals surface area contributed by atoms with Crippen molar-refractivity contribution in [3.8, 4) is 0 Å². The fourth-order valence-corrected chi connectivity index (χ4v) is 2.88. The summed E-state index contributed by atoms with van der Waals surface area (Å²) in [7, 11) is 0. The molecule has 0 spiro atoms. The molecule has 1 fully saturated rings. The van der Waals surface area contributed by atoms with Gasteiger partial charge in [-0.05, 0) is 71.1 Å². The van der Waals surface area contributed by atoms with Gasteiger partial charge in [-0.1, -0.05) is 51.0 Å². The number of hydrogen-bond acceptors (Lipinski definition) is 1. The lowest BCUT2D eigenvalue weighted by Crippen LogP contribution is -2.05. The summed E-state index contributed by atoms with van der Waals surface area (Å²) in [6, 6.07) is 0. The Hall–Kier alpha value is -0.560. The first-order valence-electron chi connectivity index (χ1n) is 9.54. The highest BCUT2D eigenvalue weighted by molar-refractivity contribution is 4.94. The average molecular weight is 307 g/mol. The van der Waals surface area contributed by atoms with Crippen LogP contribution in [0.5, 0.6) is 0 Å². The molecule has 1 rings (SSSR count). The van der Waals surface area contributed by atoms with Crippen molar-refractivity contribution in [3.63, 3.8) is 0 Å². The van der Waals surface area contributed by atoms with E-state index in [1.165, 1.54) is 64.2 Å². The van der Waals surface area contributed by atoms with Crippen molar-refractivity contribution < 1.29 is 4.74 Å². The van der Waals surface area contributed by atoms with Crippen molar-refractivity contribution in [2.24, 2.45) is 5.92 Å². The maximum atomic E-state index is 5.65. The molecule has 1 heterocycles. The van der Waals surface area contributed by atoms with Crippen LogP contribution in [-0.2, 0) is 4.74 Å². The smallest absolute Gasteiger partial charge is 0.0892 e. The molecule has 1 aliphatic heterocycles. The lowest BCUT2D eigenvalue weighted by molar-refractivity contribution is 0.313. The van der Waals surface area contributed by atoms with E-state index in [0.717, 1.165) is 5.92 Å². The van der Waals surface area contributed by atoms with E-state index in [0.29, 0.717) is 6.10 Å². The number of allylic oxidation sites excluding steroid dienone is 4. The highest BCUT2D eigenvalue weighted by Gasteiger charge is 2.46. The Morgan fingerprint density at radius 3 is 2.09 bits per heavy atom. The van der Waals surface area contributed by atoms with Gasteiger partial charge in [0.05, 0.1) is 11.7 Å². The SMILES string of the molecule is CCCCC/C=C\CC/C=C\CC[C@@H](C)CCC1OC1(C)C. The molecular formula is C21H38O. The maximum absolute atomic E-state index is 5.65. The van der Waals surface area contributed by atoms with Crippen LogP contribution in [-0.4, -0.2) is 11.7 Å². The maximum Gasteiger partial charge on any atom is 0.0892 e. The van der Waals surface area contributed by atoms with Crippen LogP contribution in [0.3, 0.4) is 0 Å². The fraction of sp³-hybridized carbons (Fsp3) is 0.810. The summed E-state index contributed by atoms with van der Waals surface area (Å²) in [6.45, 7) is 9.03. The quantitative estimate of drug-likeness (QED) is 0.206. The highest BCUT2D eigenvalue weighted by atomic mass is 16.6. The normalized spacial score (nSPS) is 21.7. The van der Waals surface area contributed by atoms with Crippen molar-refractivity contribution in [2.75, 3.05) is 0 Å². The summed E-state index contributed by atoms with van der Waals surface area (Å²) in [6.07, 6.45) is 22.7. The van der Waals surface area contributed by atoms with Gasteiger partial charge in [-0.25, -0.2) is 0 Å². The zero-order valence-corrected chi connectivity index (χ0v) is 15.4. The van der Waals surface area contributed by atoms with E-state index in [1.54, 1.807) is 0 Å². The second-order valence-corrected chi connectivity index (χ2v) is 7.49. The fourth-order valence-electron chi connectivity index (χ4n) is 2.88. The summed E-state index contributed by atoms with van der Waals surface area (Å²) in [5, 5.41) is 0. The Kier molecular flexibility index (Phi) is 9.79. The molecule has 1 unspecified atom stereocenters. The van der Waals surface area contributed by atoms with Crippen LogP contribution in [0.25, 0.3) is 0 Å². The number of epoxide rings is 1.